The van der Waals surface area contributed by atoms with E-state index >= 15 is 0 Å². The van der Waals surface area contributed by atoms with Crippen molar-refractivity contribution < 1.29 is 4.74 Å². The first-order valence-electron chi connectivity index (χ1n) is 10.4. The van der Waals surface area contributed by atoms with Crippen molar-refractivity contribution in [1.82, 2.24) is 14.6 Å². The van der Waals surface area contributed by atoms with E-state index in [1.165, 1.54) is 11.3 Å². The molecule has 0 N–H and O–H groups in total. The molecule has 0 spiro atoms. The predicted molar refractivity (Wildman–Crippen MR) is 115 cm³/mol. The summed E-state index contributed by atoms with van der Waals surface area (Å²) < 4.78 is 7.37. The Balaban J connectivity index is 0.00000109. The first kappa shape index (κ1) is 20.3. The average molecular weight is 381 g/mol. The number of anilines is 1. The molecule has 1 aliphatic rings. The Morgan fingerprint density at radius 1 is 1.11 bits per heavy atom. The number of morpholine rings is 1. The summed E-state index contributed by atoms with van der Waals surface area (Å²) in [5.74, 6) is 0. The van der Waals surface area contributed by atoms with Gasteiger partial charge in [0, 0.05) is 42.7 Å². The van der Waals surface area contributed by atoms with E-state index in [0.29, 0.717) is 0 Å². The van der Waals surface area contributed by atoms with Crippen LogP contribution in [0.5, 0.6) is 0 Å². The summed E-state index contributed by atoms with van der Waals surface area (Å²) in [6.45, 7) is 12.0. The van der Waals surface area contributed by atoms with Crippen LogP contribution in [0.15, 0.2) is 48.8 Å². The number of ether oxygens (including phenoxy) is 1. The molecular formula is C23H32N4O. The molecule has 28 heavy (non-hydrogen) atoms. The molecule has 1 unspecified atom stereocenters. The van der Waals surface area contributed by atoms with Gasteiger partial charge in [0.15, 0.2) is 5.65 Å². The fraction of sp³-hybridized carbons (Fsp3) is 0.478. The van der Waals surface area contributed by atoms with E-state index in [1.54, 1.807) is 0 Å². The fourth-order valence-electron chi connectivity index (χ4n) is 3.89. The van der Waals surface area contributed by atoms with Crippen molar-refractivity contribution in [2.75, 3.05) is 31.2 Å². The second kappa shape index (κ2) is 9.20. The normalized spacial score (nSPS) is 16.4. The summed E-state index contributed by atoms with van der Waals surface area (Å²) in [7, 11) is 0. The maximum Gasteiger partial charge on any atom is 0.155 e. The zero-order chi connectivity index (χ0) is 20.0. The van der Waals surface area contributed by atoms with Crippen molar-refractivity contribution in [3.8, 4) is 0 Å². The second-order valence-corrected chi connectivity index (χ2v) is 7.18. The molecule has 1 saturated heterocycles. The third-order valence-corrected chi connectivity index (χ3v) is 5.41. The first-order valence-corrected chi connectivity index (χ1v) is 10.4. The molecular weight excluding hydrogens is 348 g/mol. The van der Waals surface area contributed by atoms with Gasteiger partial charge in [-0.1, -0.05) is 39.3 Å². The van der Waals surface area contributed by atoms with E-state index in [4.69, 9.17) is 9.84 Å². The van der Waals surface area contributed by atoms with Crippen LogP contribution in [0, 0.1) is 0 Å². The van der Waals surface area contributed by atoms with Gasteiger partial charge in [0.25, 0.3) is 0 Å². The number of hydrogen-bond acceptors (Lipinski definition) is 4. The maximum absolute atomic E-state index is 5.50. The summed E-state index contributed by atoms with van der Waals surface area (Å²) in [4.78, 5) is 6.85. The van der Waals surface area contributed by atoms with Crippen molar-refractivity contribution in [3.05, 3.63) is 60.0 Å². The van der Waals surface area contributed by atoms with E-state index in [0.717, 1.165) is 50.5 Å². The molecule has 1 fully saturated rings. The topological polar surface area (TPSA) is 42.7 Å². The average Bonchev–Trinajstić information content (AvgIpc) is 3.21. The lowest BCUT2D eigenvalue weighted by molar-refractivity contribution is 0.122. The van der Waals surface area contributed by atoms with Gasteiger partial charge in [-0.3, -0.25) is 0 Å². The third-order valence-electron chi connectivity index (χ3n) is 5.41. The van der Waals surface area contributed by atoms with Crippen molar-refractivity contribution in [1.29, 1.82) is 0 Å². The lowest BCUT2D eigenvalue weighted by atomic mass is 9.76. The molecule has 2 aromatic heterocycles. The summed E-state index contributed by atoms with van der Waals surface area (Å²) >= 11 is 0. The number of hydrogen-bond donors (Lipinski definition) is 0. The molecule has 1 aliphatic heterocycles. The molecule has 150 valence electrons. The standard InChI is InChI=1S/C21H26N4O.C2H6/c1-3-8-21(2,19-16-20-22-9-5-10-25(20)23-19)17-6-4-7-18(15-17)24-11-13-26-14-12-24;1-2/h4-7,9-10,15-16H,3,8,11-14H2,1-2H3;1-2H3. The minimum atomic E-state index is -0.134. The summed E-state index contributed by atoms with van der Waals surface area (Å²) in [5, 5.41) is 4.84. The Hall–Kier alpha value is -2.40. The summed E-state index contributed by atoms with van der Waals surface area (Å²) in [5.41, 5.74) is 4.43. The van der Waals surface area contributed by atoms with Gasteiger partial charge in [0.2, 0.25) is 0 Å². The highest BCUT2D eigenvalue weighted by Gasteiger charge is 2.31. The van der Waals surface area contributed by atoms with Crippen molar-refractivity contribution in [3.63, 3.8) is 0 Å². The smallest absolute Gasteiger partial charge is 0.155 e. The Morgan fingerprint density at radius 2 is 1.89 bits per heavy atom. The Morgan fingerprint density at radius 3 is 2.61 bits per heavy atom. The van der Waals surface area contributed by atoms with Crippen LogP contribution in [0.3, 0.4) is 0 Å². The molecule has 3 heterocycles. The predicted octanol–water partition coefficient (Wildman–Crippen LogP) is 4.70. The number of fused-ring (bicyclic) bond motifs is 1. The molecule has 0 aliphatic carbocycles. The van der Waals surface area contributed by atoms with Crippen molar-refractivity contribution in [2.45, 2.75) is 46.0 Å². The fourth-order valence-corrected chi connectivity index (χ4v) is 3.89. The summed E-state index contributed by atoms with van der Waals surface area (Å²) in [6, 6.07) is 13.0. The largest absolute Gasteiger partial charge is 0.378 e. The van der Waals surface area contributed by atoms with E-state index in [2.05, 4.69) is 54.1 Å². The molecule has 0 bridgehead atoms. The number of nitrogens with zero attached hydrogens (tertiary/aromatic N) is 4. The zero-order valence-corrected chi connectivity index (χ0v) is 17.6. The first-order chi connectivity index (χ1) is 13.7. The lowest BCUT2D eigenvalue weighted by Crippen LogP contribution is -2.36. The molecule has 5 nitrogen and oxygen atoms in total. The molecule has 1 aromatic carbocycles. The van der Waals surface area contributed by atoms with Crippen molar-refractivity contribution >= 4 is 11.3 Å². The van der Waals surface area contributed by atoms with Gasteiger partial charge in [-0.05, 0) is 37.1 Å². The van der Waals surface area contributed by atoms with Gasteiger partial charge < -0.3 is 9.64 Å². The molecule has 1 atom stereocenters. The number of aromatic nitrogens is 3. The molecule has 3 aromatic rings. The van der Waals surface area contributed by atoms with Crippen LogP contribution in [0.4, 0.5) is 5.69 Å². The Bertz CT molecular complexity index is 852. The highest BCUT2D eigenvalue weighted by atomic mass is 16.5. The lowest BCUT2D eigenvalue weighted by Gasteiger charge is -2.32. The van der Waals surface area contributed by atoms with Gasteiger partial charge in [0.05, 0.1) is 18.9 Å². The summed E-state index contributed by atoms with van der Waals surface area (Å²) in [6.07, 6.45) is 5.92. The monoisotopic (exact) mass is 380 g/mol. The van der Waals surface area contributed by atoms with Crippen molar-refractivity contribution in [2.24, 2.45) is 0 Å². The van der Waals surface area contributed by atoms with Gasteiger partial charge in [-0.15, -0.1) is 0 Å². The number of rotatable bonds is 5. The minimum Gasteiger partial charge on any atom is -0.378 e. The minimum absolute atomic E-state index is 0.134. The van der Waals surface area contributed by atoms with Gasteiger partial charge in [0.1, 0.15) is 0 Å². The van der Waals surface area contributed by atoms with Crippen LogP contribution in [-0.2, 0) is 10.2 Å². The van der Waals surface area contributed by atoms with Crippen LogP contribution >= 0.6 is 0 Å². The Kier molecular flexibility index (Phi) is 6.68. The van der Waals surface area contributed by atoms with E-state index in [1.807, 2.05) is 36.8 Å². The van der Waals surface area contributed by atoms with Gasteiger partial charge in [-0.25, -0.2) is 9.50 Å². The SMILES string of the molecule is CC.CCCC(C)(c1cccc(N2CCOCC2)c1)c1cc2ncccn2n1. The Labute approximate surface area is 168 Å². The highest BCUT2D eigenvalue weighted by Crippen LogP contribution is 2.37. The quantitative estimate of drug-likeness (QED) is 0.643. The number of benzene rings is 1. The van der Waals surface area contributed by atoms with Crippen LogP contribution in [-0.4, -0.2) is 40.9 Å². The molecule has 4 rings (SSSR count). The van der Waals surface area contributed by atoms with Crippen LogP contribution in [0.25, 0.3) is 5.65 Å². The molecule has 0 saturated carbocycles. The molecule has 0 radical (unpaired) electrons. The van der Waals surface area contributed by atoms with Gasteiger partial charge >= 0.3 is 0 Å². The second-order valence-electron chi connectivity index (χ2n) is 7.18. The van der Waals surface area contributed by atoms with E-state index in [9.17, 15) is 0 Å². The van der Waals surface area contributed by atoms with E-state index in [-0.39, 0.29) is 5.41 Å². The van der Waals surface area contributed by atoms with Crippen LogP contribution in [0.2, 0.25) is 0 Å². The van der Waals surface area contributed by atoms with E-state index < -0.39 is 0 Å². The van der Waals surface area contributed by atoms with Crippen LogP contribution in [0.1, 0.15) is 51.8 Å². The highest BCUT2D eigenvalue weighted by molar-refractivity contribution is 5.53. The van der Waals surface area contributed by atoms with Crippen LogP contribution < -0.4 is 4.90 Å². The molecule has 0 amide bonds. The third kappa shape index (κ3) is 4.04. The zero-order valence-electron chi connectivity index (χ0n) is 17.6. The maximum atomic E-state index is 5.50. The van der Waals surface area contributed by atoms with Gasteiger partial charge in [-0.2, -0.15) is 5.10 Å². The molecule has 5 heteroatoms.